The molecule has 1 aromatic carbocycles. The summed E-state index contributed by atoms with van der Waals surface area (Å²) in [6.07, 6.45) is 0.983. The van der Waals surface area contributed by atoms with Gasteiger partial charge in [-0.2, -0.15) is 0 Å². The summed E-state index contributed by atoms with van der Waals surface area (Å²) in [4.78, 5) is 34.0. The van der Waals surface area contributed by atoms with E-state index in [-0.39, 0.29) is 6.54 Å². The van der Waals surface area contributed by atoms with E-state index >= 15 is 0 Å². The van der Waals surface area contributed by atoms with Gasteiger partial charge in [0, 0.05) is 5.69 Å². The van der Waals surface area contributed by atoms with Gasteiger partial charge in [0.25, 0.3) is 0 Å². The number of aliphatic carboxylic acids is 1. The van der Waals surface area contributed by atoms with Crippen LogP contribution in [-0.2, 0) is 9.59 Å². The van der Waals surface area contributed by atoms with Gasteiger partial charge in [-0.1, -0.05) is 31.5 Å². The lowest BCUT2D eigenvalue weighted by molar-refractivity contribution is -0.141. The summed E-state index contributed by atoms with van der Waals surface area (Å²) < 4.78 is 0. The number of carbonyl (C=O) groups excluding carboxylic acids is 2. The number of hydrogen-bond acceptors (Lipinski definition) is 3. The number of nitrogens with one attached hydrogen (secondary N) is 3. The number of benzene rings is 1. The highest BCUT2D eigenvalue weighted by molar-refractivity contribution is 5.93. The first-order valence-electron chi connectivity index (χ1n) is 6.65. The SMILES string of the molecule is CCC[C@H](NC(=O)CNC(=O)Nc1ccccc1)C(=O)O. The molecule has 0 saturated heterocycles. The van der Waals surface area contributed by atoms with Crippen molar-refractivity contribution in [3.05, 3.63) is 30.3 Å². The lowest BCUT2D eigenvalue weighted by Gasteiger charge is -2.14. The summed E-state index contributed by atoms with van der Waals surface area (Å²) in [5.41, 5.74) is 0.602. The molecule has 114 valence electrons. The van der Waals surface area contributed by atoms with Crippen LogP contribution in [0.3, 0.4) is 0 Å². The minimum absolute atomic E-state index is 0.286. The van der Waals surface area contributed by atoms with Crippen LogP contribution in [0.15, 0.2) is 30.3 Å². The normalized spacial score (nSPS) is 11.3. The first-order valence-corrected chi connectivity index (χ1v) is 6.65. The van der Waals surface area contributed by atoms with Crippen LogP contribution in [0.25, 0.3) is 0 Å². The Morgan fingerprint density at radius 3 is 2.43 bits per heavy atom. The van der Waals surface area contributed by atoms with E-state index < -0.39 is 23.9 Å². The first-order chi connectivity index (χ1) is 10.0. The number of amides is 3. The Bertz CT molecular complexity index is 490. The van der Waals surface area contributed by atoms with Crippen LogP contribution in [0.5, 0.6) is 0 Å². The lowest BCUT2D eigenvalue weighted by Crippen LogP contribution is -2.46. The minimum atomic E-state index is -1.08. The van der Waals surface area contributed by atoms with Crippen molar-refractivity contribution in [3.63, 3.8) is 0 Å². The van der Waals surface area contributed by atoms with E-state index in [1.807, 2.05) is 13.0 Å². The van der Waals surface area contributed by atoms with Gasteiger partial charge in [0.2, 0.25) is 5.91 Å². The van der Waals surface area contributed by atoms with Crippen molar-refractivity contribution in [1.29, 1.82) is 0 Å². The van der Waals surface area contributed by atoms with Crippen molar-refractivity contribution in [3.8, 4) is 0 Å². The molecule has 0 saturated carbocycles. The summed E-state index contributed by atoms with van der Waals surface area (Å²) >= 11 is 0. The van der Waals surface area contributed by atoms with Gasteiger partial charge in [-0.05, 0) is 18.6 Å². The molecule has 0 aliphatic rings. The van der Waals surface area contributed by atoms with Crippen LogP contribution in [0.4, 0.5) is 10.5 Å². The molecule has 21 heavy (non-hydrogen) atoms. The highest BCUT2D eigenvalue weighted by Gasteiger charge is 2.18. The molecule has 0 aliphatic heterocycles. The van der Waals surface area contributed by atoms with Crippen molar-refractivity contribution in [1.82, 2.24) is 10.6 Å². The molecule has 0 heterocycles. The van der Waals surface area contributed by atoms with Crippen LogP contribution in [0, 0.1) is 0 Å². The molecule has 1 aromatic rings. The van der Waals surface area contributed by atoms with Gasteiger partial charge in [-0.15, -0.1) is 0 Å². The van der Waals surface area contributed by atoms with Gasteiger partial charge in [0.1, 0.15) is 6.04 Å². The van der Waals surface area contributed by atoms with Crippen LogP contribution in [0.2, 0.25) is 0 Å². The van der Waals surface area contributed by atoms with Gasteiger partial charge in [-0.25, -0.2) is 9.59 Å². The number of carboxylic acids is 1. The molecule has 3 amide bonds. The van der Waals surface area contributed by atoms with E-state index in [1.165, 1.54) is 0 Å². The zero-order valence-corrected chi connectivity index (χ0v) is 11.8. The molecule has 0 bridgehead atoms. The quantitative estimate of drug-likeness (QED) is 0.605. The summed E-state index contributed by atoms with van der Waals surface area (Å²) in [5, 5.41) is 16.2. The molecule has 1 rings (SSSR count). The fourth-order valence-corrected chi connectivity index (χ4v) is 1.65. The molecule has 0 radical (unpaired) electrons. The zero-order valence-electron chi connectivity index (χ0n) is 11.8. The number of carboxylic acid groups (broad SMARTS) is 1. The van der Waals surface area contributed by atoms with E-state index in [0.29, 0.717) is 18.5 Å². The Morgan fingerprint density at radius 1 is 1.19 bits per heavy atom. The summed E-state index contributed by atoms with van der Waals surface area (Å²) in [6.45, 7) is 1.54. The number of carbonyl (C=O) groups is 3. The van der Waals surface area contributed by atoms with Gasteiger partial charge in [0.05, 0.1) is 6.54 Å². The van der Waals surface area contributed by atoms with Gasteiger partial charge in [-0.3, -0.25) is 4.79 Å². The third kappa shape index (κ3) is 6.42. The standard InChI is InChI=1S/C14H19N3O4/c1-2-6-11(13(19)20)17-12(18)9-15-14(21)16-10-7-4-3-5-8-10/h3-5,7-8,11H,2,6,9H2,1H3,(H,17,18)(H,19,20)(H2,15,16,21)/t11-/m0/s1. The molecular weight excluding hydrogens is 274 g/mol. The van der Waals surface area contributed by atoms with Crippen molar-refractivity contribution in [2.45, 2.75) is 25.8 Å². The number of rotatable bonds is 7. The highest BCUT2D eigenvalue weighted by Crippen LogP contribution is 2.03. The third-order valence-corrected chi connectivity index (χ3v) is 2.65. The monoisotopic (exact) mass is 293 g/mol. The van der Waals surface area contributed by atoms with E-state index in [4.69, 9.17) is 5.11 Å². The van der Waals surface area contributed by atoms with Crippen LogP contribution >= 0.6 is 0 Å². The molecule has 0 fully saturated rings. The molecule has 4 N–H and O–H groups in total. The fourth-order valence-electron chi connectivity index (χ4n) is 1.65. The van der Waals surface area contributed by atoms with E-state index in [0.717, 1.165) is 0 Å². The summed E-state index contributed by atoms with van der Waals surface area (Å²) in [6, 6.07) is 7.31. The van der Waals surface area contributed by atoms with E-state index in [9.17, 15) is 14.4 Å². The minimum Gasteiger partial charge on any atom is -0.480 e. The lowest BCUT2D eigenvalue weighted by atomic mass is 10.1. The third-order valence-electron chi connectivity index (χ3n) is 2.65. The second-order valence-electron chi connectivity index (χ2n) is 4.42. The molecule has 1 atom stereocenters. The van der Waals surface area contributed by atoms with Crippen molar-refractivity contribution in [2.75, 3.05) is 11.9 Å². The van der Waals surface area contributed by atoms with Crippen molar-refractivity contribution < 1.29 is 19.5 Å². The maximum Gasteiger partial charge on any atom is 0.326 e. The number of anilines is 1. The summed E-state index contributed by atoms with van der Waals surface area (Å²) in [5.74, 6) is -1.63. The maximum absolute atomic E-state index is 11.6. The maximum atomic E-state index is 11.6. The largest absolute Gasteiger partial charge is 0.480 e. The molecule has 0 unspecified atom stereocenters. The number of urea groups is 1. The molecule has 7 heteroatoms. The summed E-state index contributed by atoms with van der Waals surface area (Å²) in [7, 11) is 0. The number of hydrogen-bond donors (Lipinski definition) is 4. The smallest absolute Gasteiger partial charge is 0.326 e. The van der Waals surface area contributed by atoms with Gasteiger partial charge in [0.15, 0.2) is 0 Å². The average molecular weight is 293 g/mol. The van der Waals surface area contributed by atoms with Crippen molar-refractivity contribution in [2.24, 2.45) is 0 Å². The topological polar surface area (TPSA) is 108 Å². The van der Waals surface area contributed by atoms with Gasteiger partial charge >= 0.3 is 12.0 Å². The Hall–Kier alpha value is -2.57. The Morgan fingerprint density at radius 2 is 1.86 bits per heavy atom. The van der Waals surface area contributed by atoms with E-state index in [2.05, 4.69) is 16.0 Å². The second kappa shape index (κ2) is 8.57. The Balaban J connectivity index is 2.35. The Kier molecular flexibility index (Phi) is 6.73. The zero-order chi connectivity index (χ0) is 15.7. The fraction of sp³-hybridized carbons (Fsp3) is 0.357. The van der Waals surface area contributed by atoms with Crippen molar-refractivity contribution >= 4 is 23.6 Å². The first kappa shape index (κ1) is 16.5. The van der Waals surface area contributed by atoms with Crippen LogP contribution in [-0.4, -0.2) is 35.6 Å². The predicted octanol–water partition coefficient (Wildman–Crippen LogP) is 1.18. The molecule has 0 aliphatic carbocycles. The molecular formula is C14H19N3O4. The van der Waals surface area contributed by atoms with Crippen LogP contribution in [0.1, 0.15) is 19.8 Å². The average Bonchev–Trinajstić information content (AvgIpc) is 2.45. The second-order valence-corrected chi connectivity index (χ2v) is 4.42. The molecule has 0 spiro atoms. The molecule has 7 nitrogen and oxygen atoms in total. The van der Waals surface area contributed by atoms with Crippen LogP contribution < -0.4 is 16.0 Å². The number of para-hydroxylation sites is 1. The van der Waals surface area contributed by atoms with E-state index in [1.54, 1.807) is 24.3 Å². The Labute approximate surface area is 122 Å². The van der Waals surface area contributed by atoms with Gasteiger partial charge < -0.3 is 21.1 Å². The molecule has 0 aromatic heterocycles. The predicted molar refractivity (Wildman–Crippen MR) is 77.9 cm³/mol. The highest BCUT2D eigenvalue weighted by atomic mass is 16.4.